The highest BCUT2D eigenvalue weighted by atomic mass is 16.5. The summed E-state index contributed by atoms with van der Waals surface area (Å²) in [6.07, 6.45) is 0. The Hall–Kier alpha value is -2.95. The molecule has 0 atom stereocenters. The fraction of sp³-hybridized carbons (Fsp3) is 0.118. The number of carbonyl (C=O) groups excluding carboxylic acids is 1. The Balaban J connectivity index is 1.97. The third kappa shape index (κ3) is 2.61. The van der Waals surface area contributed by atoms with Crippen LogP contribution in [-0.2, 0) is 0 Å². The zero-order valence-corrected chi connectivity index (χ0v) is 12.3. The van der Waals surface area contributed by atoms with Gasteiger partial charge < -0.3 is 10.1 Å². The maximum atomic E-state index is 12.5. The first-order valence-electron chi connectivity index (χ1n) is 6.87. The number of nitrogens with zero attached hydrogens (tertiary/aromatic N) is 2. The molecule has 0 bridgehead atoms. The van der Waals surface area contributed by atoms with Crippen LogP contribution in [0.15, 0.2) is 48.5 Å². The van der Waals surface area contributed by atoms with Gasteiger partial charge >= 0.3 is 0 Å². The van der Waals surface area contributed by atoms with Crippen LogP contribution in [0.25, 0.3) is 11.0 Å². The van der Waals surface area contributed by atoms with Gasteiger partial charge in [-0.3, -0.25) is 4.79 Å². The Kier molecular flexibility index (Phi) is 3.70. The molecule has 5 heteroatoms. The van der Waals surface area contributed by atoms with Crippen LogP contribution in [0.3, 0.4) is 0 Å². The van der Waals surface area contributed by atoms with E-state index in [4.69, 9.17) is 4.74 Å². The number of ether oxygens (including phenoxy) is 1. The largest absolute Gasteiger partial charge is 0.495 e. The monoisotopic (exact) mass is 293 g/mol. The van der Waals surface area contributed by atoms with Gasteiger partial charge in [-0.1, -0.05) is 24.3 Å². The number of aromatic nitrogens is 2. The van der Waals surface area contributed by atoms with Gasteiger partial charge in [0, 0.05) is 0 Å². The van der Waals surface area contributed by atoms with Crippen molar-refractivity contribution >= 4 is 22.6 Å². The molecule has 110 valence electrons. The van der Waals surface area contributed by atoms with E-state index in [1.807, 2.05) is 36.4 Å². The number of hydrogen-bond acceptors (Lipinski definition) is 4. The Morgan fingerprint density at radius 1 is 1.00 bits per heavy atom. The van der Waals surface area contributed by atoms with Crippen molar-refractivity contribution in [2.75, 3.05) is 12.4 Å². The summed E-state index contributed by atoms with van der Waals surface area (Å²) in [6, 6.07) is 14.7. The number of hydrogen-bond donors (Lipinski definition) is 1. The van der Waals surface area contributed by atoms with Crippen molar-refractivity contribution in [1.29, 1.82) is 0 Å². The van der Waals surface area contributed by atoms with Crippen LogP contribution in [0.1, 0.15) is 16.2 Å². The minimum atomic E-state index is -0.305. The van der Waals surface area contributed by atoms with E-state index in [0.717, 1.165) is 5.52 Å². The van der Waals surface area contributed by atoms with Gasteiger partial charge in [-0.15, -0.1) is 0 Å². The van der Waals surface area contributed by atoms with Gasteiger partial charge in [-0.05, 0) is 31.2 Å². The van der Waals surface area contributed by atoms with E-state index in [2.05, 4.69) is 15.3 Å². The molecule has 3 aromatic rings. The summed E-state index contributed by atoms with van der Waals surface area (Å²) < 4.78 is 5.23. The molecule has 5 nitrogen and oxygen atoms in total. The number of anilines is 1. The molecule has 0 aliphatic carbocycles. The van der Waals surface area contributed by atoms with Crippen molar-refractivity contribution in [3.63, 3.8) is 0 Å². The predicted molar refractivity (Wildman–Crippen MR) is 85.2 cm³/mol. The van der Waals surface area contributed by atoms with Crippen molar-refractivity contribution in [2.45, 2.75) is 6.92 Å². The summed E-state index contributed by atoms with van der Waals surface area (Å²) in [5.74, 6) is 0.294. The fourth-order valence-corrected chi connectivity index (χ4v) is 2.23. The van der Waals surface area contributed by atoms with Crippen LogP contribution >= 0.6 is 0 Å². The molecule has 0 saturated heterocycles. The van der Waals surface area contributed by atoms with Crippen molar-refractivity contribution in [3.8, 4) is 5.75 Å². The van der Waals surface area contributed by atoms with E-state index < -0.39 is 0 Å². The molecule has 0 saturated carbocycles. The van der Waals surface area contributed by atoms with Gasteiger partial charge in [-0.2, -0.15) is 0 Å². The average molecular weight is 293 g/mol. The number of nitrogens with one attached hydrogen (secondary N) is 1. The summed E-state index contributed by atoms with van der Waals surface area (Å²) in [6.45, 7) is 1.77. The van der Waals surface area contributed by atoms with Gasteiger partial charge in [0.1, 0.15) is 11.4 Å². The molecule has 2 aromatic carbocycles. The molecule has 1 aromatic heterocycles. The fourth-order valence-electron chi connectivity index (χ4n) is 2.23. The molecule has 0 aliphatic heterocycles. The second-order valence-electron chi connectivity index (χ2n) is 4.80. The topological polar surface area (TPSA) is 64.1 Å². The molecular formula is C17H15N3O2. The first-order valence-corrected chi connectivity index (χ1v) is 6.87. The van der Waals surface area contributed by atoms with Gasteiger partial charge in [-0.25, -0.2) is 9.97 Å². The summed E-state index contributed by atoms with van der Waals surface area (Å²) in [4.78, 5) is 21.3. The lowest BCUT2D eigenvalue weighted by Crippen LogP contribution is -2.16. The SMILES string of the molecule is COc1ccccc1NC(=O)c1nc2ccccc2nc1C. The average Bonchev–Trinajstić information content (AvgIpc) is 2.54. The Morgan fingerprint density at radius 3 is 2.36 bits per heavy atom. The molecule has 0 aliphatic rings. The molecule has 1 N–H and O–H groups in total. The Labute approximate surface area is 128 Å². The molecule has 1 heterocycles. The van der Waals surface area contributed by atoms with Crippen LogP contribution < -0.4 is 10.1 Å². The van der Waals surface area contributed by atoms with Crippen molar-refractivity contribution in [3.05, 3.63) is 59.9 Å². The number of methoxy groups -OCH3 is 1. The standard InChI is InChI=1S/C17H15N3O2/c1-11-16(19-13-8-4-3-7-12(13)18-11)17(21)20-14-9-5-6-10-15(14)22-2/h3-10H,1-2H3,(H,20,21). The lowest BCUT2D eigenvalue weighted by molar-refractivity contribution is 0.102. The van der Waals surface area contributed by atoms with E-state index in [1.54, 1.807) is 26.2 Å². The normalized spacial score (nSPS) is 10.5. The van der Waals surface area contributed by atoms with E-state index in [0.29, 0.717) is 28.3 Å². The lowest BCUT2D eigenvalue weighted by Gasteiger charge is -2.10. The maximum Gasteiger partial charge on any atom is 0.276 e. The predicted octanol–water partition coefficient (Wildman–Crippen LogP) is 3.20. The van der Waals surface area contributed by atoms with Crippen molar-refractivity contribution < 1.29 is 9.53 Å². The van der Waals surface area contributed by atoms with Crippen LogP contribution in [-0.4, -0.2) is 23.0 Å². The van der Waals surface area contributed by atoms with Crippen LogP contribution in [0.2, 0.25) is 0 Å². The number of amides is 1. The van der Waals surface area contributed by atoms with Crippen LogP contribution in [0.5, 0.6) is 5.75 Å². The second kappa shape index (κ2) is 5.81. The highest BCUT2D eigenvalue weighted by Gasteiger charge is 2.15. The van der Waals surface area contributed by atoms with Gasteiger partial charge in [0.25, 0.3) is 5.91 Å². The summed E-state index contributed by atoms with van der Waals surface area (Å²) in [5.41, 5.74) is 2.96. The Bertz CT molecular complexity index is 846. The number of rotatable bonds is 3. The zero-order chi connectivity index (χ0) is 15.5. The van der Waals surface area contributed by atoms with Crippen molar-refractivity contribution in [1.82, 2.24) is 9.97 Å². The lowest BCUT2D eigenvalue weighted by atomic mass is 10.2. The van der Waals surface area contributed by atoms with Gasteiger partial charge in [0.05, 0.1) is 29.5 Å². The molecule has 0 fully saturated rings. The van der Waals surface area contributed by atoms with Crippen molar-refractivity contribution in [2.24, 2.45) is 0 Å². The molecule has 0 radical (unpaired) electrons. The van der Waals surface area contributed by atoms with Crippen LogP contribution in [0.4, 0.5) is 5.69 Å². The van der Waals surface area contributed by atoms with Crippen LogP contribution in [0, 0.1) is 6.92 Å². The number of aryl methyl sites for hydroxylation is 1. The molecule has 0 spiro atoms. The minimum Gasteiger partial charge on any atom is -0.495 e. The Morgan fingerprint density at radius 2 is 1.64 bits per heavy atom. The summed E-state index contributed by atoms with van der Waals surface area (Å²) in [7, 11) is 1.56. The number of para-hydroxylation sites is 4. The number of carbonyl (C=O) groups is 1. The molecular weight excluding hydrogens is 278 g/mol. The first kappa shape index (κ1) is 14.0. The smallest absolute Gasteiger partial charge is 0.276 e. The highest BCUT2D eigenvalue weighted by molar-refractivity contribution is 6.05. The zero-order valence-electron chi connectivity index (χ0n) is 12.3. The molecule has 22 heavy (non-hydrogen) atoms. The quantitative estimate of drug-likeness (QED) is 0.805. The highest BCUT2D eigenvalue weighted by Crippen LogP contribution is 2.24. The molecule has 0 unspecified atom stereocenters. The number of fused-ring (bicyclic) bond motifs is 1. The number of benzene rings is 2. The molecule has 3 rings (SSSR count). The van der Waals surface area contributed by atoms with E-state index in [1.165, 1.54) is 0 Å². The first-order chi connectivity index (χ1) is 10.7. The summed E-state index contributed by atoms with van der Waals surface area (Å²) >= 11 is 0. The minimum absolute atomic E-state index is 0.305. The van der Waals surface area contributed by atoms with E-state index in [9.17, 15) is 4.79 Å². The van der Waals surface area contributed by atoms with Gasteiger partial charge in [0.2, 0.25) is 0 Å². The third-order valence-corrected chi connectivity index (χ3v) is 3.32. The van der Waals surface area contributed by atoms with E-state index in [-0.39, 0.29) is 5.91 Å². The third-order valence-electron chi connectivity index (χ3n) is 3.32. The second-order valence-corrected chi connectivity index (χ2v) is 4.80. The summed E-state index contributed by atoms with van der Waals surface area (Å²) in [5, 5.41) is 2.82. The molecule has 1 amide bonds. The van der Waals surface area contributed by atoms with E-state index >= 15 is 0 Å². The van der Waals surface area contributed by atoms with Gasteiger partial charge in [0.15, 0.2) is 0 Å². The maximum absolute atomic E-state index is 12.5.